The van der Waals surface area contributed by atoms with Crippen molar-refractivity contribution in [3.63, 3.8) is 0 Å². The first-order chi connectivity index (χ1) is 13.2. The summed E-state index contributed by atoms with van der Waals surface area (Å²) in [6.45, 7) is 3.06. The molecule has 0 aliphatic carbocycles. The van der Waals surface area contributed by atoms with Gasteiger partial charge in [-0.2, -0.15) is 0 Å². The molecule has 1 fully saturated rings. The number of nitrogens with zero attached hydrogens (tertiary/aromatic N) is 1. The lowest BCUT2D eigenvalue weighted by Gasteiger charge is -2.15. The third kappa shape index (κ3) is 6.12. The van der Waals surface area contributed by atoms with E-state index in [1.807, 2.05) is 0 Å². The summed E-state index contributed by atoms with van der Waals surface area (Å²) in [5, 5.41) is 5.66. The van der Waals surface area contributed by atoms with Gasteiger partial charge in [0.2, 0.25) is 0 Å². The van der Waals surface area contributed by atoms with Gasteiger partial charge < -0.3 is 20.1 Å². The van der Waals surface area contributed by atoms with E-state index in [2.05, 4.69) is 10.6 Å². The fraction of sp³-hybridized carbons (Fsp3) is 0.444. The predicted octanol–water partition coefficient (Wildman–Crippen LogP) is 1.10. The summed E-state index contributed by atoms with van der Waals surface area (Å²) in [6, 6.07) is 6.24. The van der Waals surface area contributed by atoms with Crippen LogP contribution < -0.4 is 15.4 Å². The van der Waals surface area contributed by atoms with E-state index in [4.69, 9.17) is 21.1 Å². The van der Waals surface area contributed by atoms with Crippen LogP contribution in [0, 0.1) is 0 Å². The van der Waals surface area contributed by atoms with Crippen LogP contribution >= 0.6 is 11.6 Å². The van der Waals surface area contributed by atoms with Crippen molar-refractivity contribution in [3.8, 4) is 5.75 Å². The number of hydrogen-bond donors (Lipinski definition) is 2. The standard InChI is InChI=1S/C18H22ClN3O6/c1-18(2)16(25)22(17(26)21-18)9-7-15(24)28-11-14(23)20-8-10-27-13-5-3-12(19)4-6-13/h3-6H,7-11H2,1-2H3,(H,20,23)(H,21,26). The Morgan fingerprint density at radius 2 is 1.89 bits per heavy atom. The highest BCUT2D eigenvalue weighted by Crippen LogP contribution is 2.17. The summed E-state index contributed by atoms with van der Waals surface area (Å²) in [5.41, 5.74) is -0.991. The topological polar surface area (TPSA) is 114 Å². The van der Waals surface area contributed by atoms with Gasteiger partial charge in [0.15, 0.2) is 6.61 Å². The van der Waals surface area contributed by atoms with Gasteiger partial charge in [-0.3, -0.25) is 19.3 Å². The molecule has 152 valence electrons. The number of carbonyl (C=O) groups is 4. The van der Waals surface area contributed by atoms with E-state index < -0.39 is 36.0 Å². The van der Waals surface area contributed by atoms with Crippen LogP contribution in [0.25, 0.3) is 0 Å². The summed E-state index contributed by atoms with van der Waals surface area (Å²) >= 11 is 5.77. The van der Waals surface area contributed by atoms with Gasteiger partial charge in [0, 0.05) is 11.6 Å². The molecule has 1 aliphatic heterocycles. The van der Waals surface area contributed by atoms with Gasteiger partial charge in [-0.1, -0.05) is 11.6 Å². The van der Waals surface area contributed by atoms with Crippen molar-refractivity contribution in [2.75, 3.05) is 26.3 Å². The molecule has 1 aromatic rings. The molecule has 0 saturated carbocycles. The maximum Gasteiger partial charge on any atom is 0.325 e. The smallest absolute Gasteiger partial charge is 0.325 e. The summed E-state index contributed by atoms with van der Waals surface area (Å²) in [6.07, 6.45) is -0.192. The van der Waals surface area contributed by atoms with E-state index in [1.165, 1.54) is 0 Å². The van der Waals surface area contributed by atoms with Crippen LogP contribution in [0.3, 0.4) is 0 Å². The van der Waals surface area contributed by atoms with E-state index >= 15 is 0 Å². The molecular formula is C18H22ClN3O6. The monoisotopic (exact) mass is 411 g/mol. The predicted molar refractivity (Wildman–Crippen MR) is 99.9 cm³/mol. The Kier molecular flexibility index (Phi) is 7.22. The molecule has 0 bridgehead atoms. The minimum atomic E-state index is -0.991. The SMILES string of the molecule is CC1(C)NC(=O)N(CCC(=O)OCC(=O)NCCOc2ccc(Cl)cc2)C1=O. The molecule has 9 nitrogen and oxygen atoms in total. The second-order valence-corrected chi connectivity index (χ2v) is 7.01. The Bertz CT molecular complexity index is 750. The number of urea groups is 1. The fourth-order valence-electron chi connectivity index (χ4n) is 2.38. The zero-order chi connectivity index (χ0) is 20.7. The lowest BCUT2D eigenvalue weighted by Crippen LogP contribution is -2.40. The molecule has 0 aromatic heterocycles. The van der Waals surface area contributed by atoms with Crippen molar-refractivity contribution in [1.82, 2.24) is 15.5 Å². The van der Waals surface area contributed by atoms with Crippen molar-refractivity contribution in [2.24, 2.45) is 0 Å². The number of esters is 1. The van der Waals surface area contributed by atoms with Gasteiger partial charge in [0.25, 0.3) is 11.8 Å². The van der Waals surface area contributed by atoms with Crippen molar-refractivity contribution in [1.29, 1.82) is 0 Å². The molecule has 10 heteroatoms. The summed E-state index contributed by atoms with van der Waals surface area (Å²) < 4.78 is 10.3. The van der Waals surface area contributed by atoms with Gasteiger partial charge >= 0.3 is 12.0 Å². The number of carbonyl (C=O) groups excluding carboxylic acids is 4. The number of amides is 4. The molecular weight excluding hydrogens is 390 g/mol. The number of rotatable bonds is 9. The molecule has 1 heterocycles. The van der Waals surface area contributed by atoms with Gasteiger partial charge in [-0.15, -0.1) is 0 Å². The molecule has 0 unspecified atom stereocenters. The van der Waals surface area contributed by atoms with E-state index in [1.54, 1.807) is 38.1 Å². The second-order valence-electron chi connectivity index (χ2n) is 6.57. The Hall–Kier alpha value is -2.81. The maximum absolute atomic E-state index is 12.0. The highest BCUT2D eigenvalue weighted by molar-refractivity contribution is 6.30. The molecule has 2 rings (SSSR count). The highest BCUT2D eigenvalue weighted by atomic mass is 35.5. The Balaban J connectivity index is 1.59. The number of hydrogen-bond acceptors (Lipinski definition) is 6. The molecule has 4 amide bonds. The first kappa shape index (κ1) is 21.5. The molecule has 0 spiro atoms. The summed E-state index contributed by atoms with van der Waals surface area (Å²) in [4.78, 5) is 48.0. The number of nitrogens with one attached hydrogen (secondary N) is 2. The lowest BCUT2D eigenvalue weighted by atomic mass is 10.1. The van der Waals surface area contributed by atoms with E-state index in [0.29, 0.717) is 10.8 Å². The lowest BCUT2D eigenvalue weighted by molar-refractivity contribution is -0.149. The van der Waals surface area contributed by atoms with Crippen molar-refractivity contribution in [2.45, 2.75) is 25.8 Å². The van der Waals surface area contributed by atoms with Crippen LogP contribution in [0.2, 0.25) is 5.02 Å². The molecule has 28 heavy (non-hydrogen) atoms. The molecule has 1 aromatic carbocycles. The summed E-state index contributed by atoms with van der Waals surface area (Å²) in [7, 11) is 0. The number of imide groups is 1. The van der Waals surface area contributed by atoms with Crippen LogP contribution in [0.5, 0.6) is 5.75 Å². The van der Waals surface area contributed by atoms with Crippen LogP contribution in [0.1, 0.15) is 20.3 Å². The van der Waals surface area contributed by atoms with Gasteiger partial charge in [-0.25, -0.2) is 4.79 Å². The van der Waals surface area contributed by atoms with Crippen molar-refractivity contribution >= 4 is 35.4 Å². The average Bonchev–Trinajstić information content (AvgIpc) is 2.84. The minimum Gasteiger partial charge on any atom is -0.492 e. The molecule has 1 saturated heterocycles. The van der Waals surface area contributed by atoms with E-state index in [0.717, 1.165) is 4.90 Å². The van der Waals surface area contributed by atoms with E-state index in [-0.39, 0.29) is 26.1 Å². The second kappa shape index (κ2) is 9.41. The molecule has 2 N–H and O–H groups in total. The largest absolute Gasteiger partial charge is 0.492 e. The first-order valence-electron chi connectivity index (χ1n) is 8.64. The average molecular weight is 412 g/mol. The Morgan fingerprint density at radius 3 is 2.50 bits per heavy atom. The third-order valence-corrected chi connectivity index (χ3v) is 4.11. The normalized spacial score (nSPS) is 15.2. The van der Waals surface area contributed by atoms with Crippen LogP contribution in [-0.4, -0.2) is 60.6 Å². The number of ether oxygens (including phenoxy) is 2. The Morgan fingerprint density at radius 1 is 1.21 bits per heavy atom. The molecule has 1 aliphatic rings. The number of benzene rings is 1. The zero-order valence-electron chi connectivity index (χ0n) is 15.6. The minimum absolute atomic E-state index is 0.108. The third-order valence-electron chi connectivity index (χ3n) is 3.85. The summed E-state index contributed by atoms with van der Waals surface area (Å²) in [5.74, 6) is -0.959. The Labute approximate surface area is 167 Å². The van der Waals surface area contributed by atoms with E-state index in [9.17, 15) is 19.2 Å². The molecule has 0 atom stereocenters. The van der Waals surface area contributed by atoms with Crippen LogP contribution in [-0.2, 0) is 19.1 Å². The highest BCUT2D eigenvalue weighted by Gasteiger charge is 2.44. The van der Waals surface area contributed by atoms with Crippen molar-refractivity contribution in [3.05, 3.63) is 29.3 Å². The molecule has 0 radical (unpaired) electrons. The fourth-order valence-corrected chi connectivity index (χ4v) is 2.51. The first-order valence-corrected chi connectivity index (χ1v) is 9.01. The van der Waals surface area contributed by atoms with Gasteiger partial charge in [-0.05, 0) is 38.1 Å². The number of halogens is 1. The van der Waals surface area contributed by atoms with Crippen LogP contribution in [0.4, 0.5) is 4.79 Å². The quantitative estimate of drug-likeness (QED) is 0.357. The van der Waals surface area contributed by atoms with Gasteiger partial charge in [0.1, 0.15) is 17.9 Å². The maximum atomic E-state index is 12.0. The zero-order valence-corrected chi connectivity index (χ0v) is 16.4. The van der Waals surface area contributed by atoms with Crippen molar-refractivity contribution < 1.29 is 28.7 Å². The van der Waals surface area contributed by atoms with Crippen LogP contribution in [0.15, 0.2) is 24.3 Å². The van der Waals surface area contributed by atoms with Gasteiger partial charge in [0.05, 0.1) is 13.0 Å².